The summed E-state index contributed by atoms with van der Waals surface area (Å²) < 4.78 is 4.73. The lowest BCUT2D eigenvalue weighted by Gasteiger charge is -2.19. The number of carbonyl (C=O) groups is 3. The van der Waals surface area contributed by atoms with E-state index in [9.17, 15) is 14.4 Å². The summed E-state index contributed by atoms with van der Waals surface area (Å²) in [7, 11) is 1.26. The van der Waals surface area contributed by atoms with Gasteiger partial charge in [-0.2, -0.15) is 0 Å². The van der Waals surface area contributed by atoms with Crippen LogP contribution < -0.4 is 10.6 Å². The van der Waals surface area contributed by atoms with Gasteiger partial charge in [-0.15, -0.1) is 0 Å². The van der Waals surface area contributed by atoms with Gasteiger partial charge in [0.1, 0.15) is 12.1 Å². The minimum Gasteiger partial charge on any atom is -0.467 e. The average molecular weight is 325 g/mol. The molecule has 2 rings (SSSR count). The van der Waals surface area contributed by atoms with Crippen LogP contribution in [0.1, 0.15) is 18.4 Å². The number of esters is 1. The second-order valence-corrected chi connectivity index (χ2v) is 5.51. The molecule has 2 N–H and O–H groups in total. The highest BCUT2D eigenvalue weighted by Gasteiger charge is 2.30. The zero-order valence-electron chi connectivity index (χ0n) is 12.1. The first-order chi connectivity index (χ1) is 10.5. The van der Waals surface area contributed by atoms with Crippen molar-refractivity contribution in [3.8, 4) is 0 Å². The van der Waals surface area contributed by atoms with Gasteiger partial charge in [0.15, 0.2) is 0 Å². The summed E-state index contributed by atoms with van der Waals surface area (Å²) in [5.74, 6) is -1.09. The maximum atomic E-state index is 12.1. The van der Waals surface area contributed by atoms with E-state index in [4.69, 9.17) is 16.3 Å². The summed E-state index contributed by atoms with van der Waals surface area (Å²) in [6.07, 6.45) is 1.00. The Morgan fingerprint density at radius 3 is 2.86 bits per heavy atom. The van der Waals surface area contributed by atoms with Crippen LogP contribution in [0, 0.1) is 0 Å². The molecule has 0 radical (unpaired) electrons. The molecule has 0 saturated carbocycles. The summed E-state index contributed by atoms with van der Waals surface area (Å²) in [5, 5.41) is 5.74. The van der Waals surface area contributed by atoms with E-state index in [1.54, 1.807) is 18.2 Å². The lowest BCUT2D eigenvalue weighted by atomic mass is 10.1. The predicted molar refractivity (Wildman–Crippen MR) is 80.3 cm³/mol. The van der Waals surface area contributed by atoms with Crippen molar-refractivity contribution in [1.29, 1.82) is 0 Å². The summed E-state index contributed by atoms with van der Waals surface area (Å²) in [6.45, 7) is 0. The normalized spacial score (nSPS) is 18.5. The first-order valence-electron chi connectivity index (χ1n) is 6.91. The van der Waals surface area contributed by atoms with Crippen LogP contribution in [0.2, 0.25) is 5.02 Å². The van der Waals surface area contributed by atoms with Crippen molar-refractivity contribution >= 4 is 29.4 Å². The molecule has 2 amide bonds. The molecule has 1 aromatic rings. The van der Waals surface area contributed by atoms with Gasteiger partial charge in [0, 0.05) is 17.9 Å². The van der Waals surface area contributed by atoms with Crippen LogP contribution in [0.3, 0.4) is 0 Å². The van der Waals surface area contributed by atoms with E-state index in [1.165, 1.54) is 7.11 Å². The van der Waals surface area contributed by atoms with Crippen LogP contribution in [0.4, 0.5) is 0 Å². The molecule has 0 aromatic heterocycles. The van der Waals surface area contributed by atoms with Crippen LogP contribution in [-0.2, 0) is 25.5 Å². The number of hydrogen-bond donors (Lipinski definition) is 2. The van der Waals surface area contributed by atoms with Gasteiger partial charge in [-0.05, 0) is 24.1 Å². The number of rotatable bonds is 5. The SMILES string of the molecule is COC(=O)[C@@H](Cc1cccc(Cl)c1)NC(=O)[C@H]1CCC(=O)N1. The second-order valence-electron chi connectivity index (χ2n) is 5.08. The van der Waals surface area contributed by atoms with Crippen molar-refractivity contribution in [1.82, 2.24) is 10.6 Å². The number of hydrogen-bond acceptors (Lipinski definition) is 4. The quantitative estimate of drug-likeness (QED) is 0.785. The maximum Gasteiger partial charge on any atom is 0.328 e. The number of amides is 2. The topological polar surface area (TPSA) is 84.5 Å². The molecule has 22 heavy (non-hydrogen) atoms. The van der Waals surface area contributed by atoms with Gasteiger partial charge in [-0.25, -0.2) is 4.79 Å². The number of nitrogens with one attached hydrogen (secondary N) is 2. The van der Waals surface area contributed by atoms with E-state index in [2.05, 4.69) is 10.6 Å². The third kappa shape index (κ3) is 4.21. The number of ether oxygens (including phenoxy) is 1. The van der Waals surface area contributed by atoms with Crippen LogP contribution in [0.15, 0.2) is 24.3 Å². The lowest BCUT2D eigenvalue weighted by molar-refractivity contribution is -0.145. The molecule has 1 saturated heterocycles. The van der Waals surface area contributed by atoms with E-state index in [0.29, 0.717) is 17.9 Å². The predicted octanol–water partition coefficient (Wildman–Crippen LogP) is 0.819. The van der Waals surface area contributed by atoms with Gasteiger partial charge in [0.2, 0.25) is 11.8 Å². The van der Waals surface area contributed by atoms with Crippen LogP contribution >= 0.6 is 11.6 Å². The smallest absolute Gasteiger partial charge is 0.328 e. The number of methoxy groups -OCH3 is 1. The van der Waals surface area contributed by atoms with Crippen molar-refractivity contribution in [2.75, 3.05) is 7.11 Å². The molecule has 0 spiro atoms. The summed E-state index contributed by atoms with van der Waals surface area (Å²) in [5.41, 5.74) is 0.804. The Bertz CT molecular complexity index is 591. The Morgan fingerprint density at radius 2 is 2.27 bits per heavy atom. The van der Waals surface area contributed by atoms with E-state index >= 15 is 0 Å². The zero-order chi connectivity index (χ0) is 16.1. The molecule has 1 aliphatic rings. The molecule has 6 nitrogen and oxygen atoms in total. The Labute approximate surface area is 133 Å². The van der Waals surface area contributed by atoms with E-state index in [0.717, 1.165) is 5.56 Å². The van der Waals surface area contributed by atoms with Crippen LogP contribution in [-0.4, -0.2) is 37.0 Å². The second kappa shape index (κ2) is 7.26. The van der Waals surface area contributed by atoms with Gasteiger partial charge in [0.05, 0.1) is 7.11 Å². The Morgan fingerprint density at radius 1 is 1.50 bits per heavy atom. The molecular formula is C15H17ClN2O4. The molecule has 118 valence electrons. The van der Waals surface area contributed by atoms with Crippen molar-refractivity contribution in [2.24, 2.45) is 0 Å². The highest BCUT2D eigenvalue weighted by atomic mass is 35.5. The lowest BCUT2D eigenvalue weighted by Crippen LogP contribution is -2.49. The monoisotopic (exact) mass is 324 g/mol. The number of halogens is 1. The van der Waals surface area contributed by atoms with Gasteiger partial charge >= 0.3 is 5.97 Å². The summed E-state index contributed by atoms with van der Waals surface area (Å²) in [6, 6.07) is 5.61. The minimum atomic E-state index is -0.825. The van der Waals surface area contributed by atoms with Crippen molar-refractivity contribution in [3.63, 3.8) is 0 Å². The maximum absolute atomic E-state index is 12.1. The van der Waals surface area contributed by atoms with Gasteiger partial charge in [0.25, 0.3) is 0 Å². The van der Waals surface area contributed by atoms with E-state index < -0.39 is 18.1 Å². The molecule has 0 bridgehead atoms. The van der Waals surface area contributed by atoms with Crippen molar-refractivity contribution in [3.05, 3.63) is 34.9 Å². The average Bonchev–Trinajstić information content (AvgIpc) is 2.92. The van der Waals surface area contributed by atoms with Gasteiger partial charge in [-0.1, -0.05) is 23.7 Å². The summed E-state index contributed by atoms with van der Waals surface area (Å²) >= 11 is 5.92. The molecule has 1 fully saturated rings. The fraction of sp³-hybridized carbons (Fsp3) is 0.400. The third-order valence-electron chi connectivity index (χ3n) is 3.44. The molecular weight excluding hydrogens is 308 g/mol. The summed E-state index contributed by atoms with van der Waals surface area (Å²) in [4.78, 5) is 35.1. The zero-order valence-corrected chi connectivity index (χ0v) is 12.9. The first-order valence-corrected chi connectivity index (χ1v) is 7.29. The van der Waals surface area contributed by atoms with Crippen LogP contribution in [0.25, 0.3) is 0 Å². The molecule has 2 atom stereocenters. The van der Waals surface area contributed by atoms with Crippen molar-refractivity contribution < 1.29 is 19.1 Å². The molecule has 1 aliphatic heterocycles. The van der Waals surface area contributed by atoms with Gasteiger partial charge < -0.3 is 15.4 Å². The van der Waals surface area contributed by atoms with E-state index in [-0.39, 0.29) is 18.2 Å². The van der Waals surface area contributed by atoms with Gasteiger partial charge in [-0.3, -0.25) is 9.59 Å². The Balaban J connectivity index is 2.04. The largest absolute Gasteiger partial charge is 0.467 e. The molecule has 0 aliphatic carbocycles. The van der Waals surface area contributed by atoms with Crippen molar-refractivity contribution in [2.45, 2.75) is 31.3 Å². The minimum absolute atomic E-state index is 0.162. The third-order valence-corrected chi connectivity index (χ3v) is 3.68. The van der Waals surface area contributed by atoms with Crippen LogP contribution in [0.5, 0.6) is 0 Å². The first kappa shape index (κ1) is 16.3. The molecule has 1 aromatic carbocycles. The fourth-order valence-electron chi connectivity index (χ4n) is 2.32. The van der Waals surface area contributed by atoms with E-state index in [1.807, 2.05) is 6.07 Å². The number of benzene rings is 1. The molecule has 1 heterocycles. The fourth-order valence-corrected chi connectivity index (χ4v) is 2.53. The highest BCUT2D eigenvalue weighted by Crippen LogP contribution is 2.13. The molecule has 0 unspecified atom stereocenters. The Hall–Kier alpha value is -2.08. The highest BCUT2D eigenvalue weighted by molar-refractivity contribution is 6.30. The standard InChI is InChI=1S/C15H17ClN2O4/c1-22-15(21)12(8-9-3-2-4-10(16)7-9)18-14(20)11-5-6-13(19)17-11/h2-4,7,11-12H,5-6,8H2,1H3,(H,17,19)(H,18,20)/t11-,12-/m1/s1. The molecule has 7 heteroatoms. The number of carbonyl (C=O) groups excluding carboxylic acids is 3. The Kier molecular flexibility index (Phi) is 5.38.